The maximum absolute atomic E-state index is 12.6. The molecule has 8 heteroatoms. The van der Waals surface area contributed by atoms with Gasteiger partial charge in [0.05, 0.1) is 5.56 Å². The molecule has 0 radical (unpaired) electrons. The topological polar surface area (TPSA) is 48.5 Å². The van der Waals surface area contributed by atoms with E-state index < -0.39 is 11.7 Å². The Morgan fingerprint density at radius 1 is 1.15 bits per heavy atom. The van der Waals surface area contributed by atoms with Crippen LogP contribution in [0.5, 0.6) is 0 Å². The van der Waals surface area contributed by atoms with Crippen molar-refractivity contribution in [2.75, 3.05) is 31.1 Å². The first-order valence-corrected chi connectivity index (χ1v) is 9.18. The van der Waals surface area contributed by atoms with E-state index in [0.717, 1.165) is 31.5 Å². The molecule has 3 rings (SSSR count). The number of pyridine rings is 1. The summed E-state index contributed by atoms with van der Waals surface area (Å²) in [4.78, 5) is 20.1. The molecule has 1 saturated heterocycles. The molecule has 26 heavy (non-hydrogen) atoms. The van der Waals surface area contributed by atoms with Gasteiger partial charge in [0.15, 0.2) is 0 Å². The van der Waals surface area contributed by atoms with Crippen LogP contribution in [0, 0.1) is 5.92 Å². The zero-order valence-electron chi connectivity index (χ0n) is 14.9. The fourth-order valence-electron chi connectivity index (χ4n) is 3.66. The number of nitrogens with one attached hydrogen (secondary N) is 1. The Morgan fingerprint density at radius 2 is 1.85 bits per heavy atom. The van der Waals surface area contributed by atoms with Crippen LogP contribution in [-0.2, 0) is 6.18 Å². The van der Waals surface area contributed by atoms with Crippen LogP contribution in [0.2, 0.25) is 0 Å². The molecule has 2 atom stereocenters. The lowest BCUT2D eigenvalue weighted by molar-refractivity contribution is -0.137. The van der Waals surface area contributed by atoms with Gasteiger partial charge in [0.2, 0.25) is 0 Å². The second-order valence-electron chi connectivity index (χ2n) is 7.19. The summed E-state index contributed by atoms with van der Waals surface area (Å²) in [6.45, 7) is 4.38. The molecule has 0 spiro atoms. The van der Waals surface area contributed by atoms with Crippen LogP contribution in [0.4, 0.5) is 23.8 Å². The molecule has 5 nitrogen and oxygen atoms in total. The van der Waals surface area contributed by atoms with Crippen molar-refractivity contribution < 1.29 is 18.0 Å². The molecule has 0 bridgehead atoms. The third-order valence-electron chi connectivity index (χ3n) is 5.39. The van der Waals surface area contributed by atoms with Crippen LogP contribution in [-0.4, -0.2) is 48.1 Å². The summed E-state index contributed by atoms with van der Waals surface area (Å²) in [6.07, 6.45) is 1.05. The van der Waals surface area contributed by atoms with Crippen molar-refractivity contribution in [1.29, 1.82) is 0 Å². The first-order chi connectivity index (χ1) is 12.3. The van der Waals surface area contributed by atoms with E-state index in [1.54, 1.807) is 4.90 Å². The minimum atomic E-state index is -4.38. The molecule has 0 unspecified atom stereocenters. The second kappa shape index (κ2) is 7.72. The van der Waals surface area contributed by atoms with Crippen molar-refractivity contribution in [3.05, 3.63) is 23.9 Å². The summed E-state index contributed by atoms with van der Waals surface area (Å²) in [5.74, 6) is 1.02. The number of urea groups is 1. The standard InChI is InChI=1S/C18H25F3N4O/c1-13-4-2-3-5-15(13)23-17(26)25-10-8-24(9-11-25)16-7-6-14(12-22-16)18(19,20)21/h6-7,12-13,15H,2-5,8-11H2,1H3,(H,23,26)/t13-,15+/m0/s1. The summed E-state index contributed by atoms with van der Waals surface area (Å²) >= 11 is 0. The normalized spacial score (nSPS) is 24.5. The smallest absolute Gasteiger partial charge is 0.353 e. The number of anilines is 1. The number of rotatable bonds is 2. The number of carbonyl (C=O) groups excluding carboxylic acids is 1. The van der Waals surface area contributed by atoms with E-state index in [-0.39, 0.29) is 12.1 Å². The monoisotopic (exact) mass is 370 g/mol. The molecule has 1 aliphatic heterocycles. The number of hydrogen-bond donors (Lipinski definition) is 1. The molecule has 1 N–H and O–H groups in total. The molecular weight excluding hydrogens is 345 g/mol. The lowest BCUT2D eigenvalue weighted by atomic mass is 9.86. The molecule has 2 fully saturated rings. The highest BCUT2D eigenvalue weighted by Gasteiger charge is 2.31. The summed E-state index contributed by atoms with van der Waals surface area (Å²) in [6, 6.07) is 2.64. The molecule has 2 aliphatic rings. The fourth-order valence-corrected chi connectivity index (χ4v) is 3.66. The second-order valence-corrected chi connectivity index (χ2v) is 7.19. The SMILES string of the molecule is C[C@H]1CCCC[C@H]1NC(=O)N1CCN(c2ccc(C(F)(F)F)cn2)CC1. The van der Waals surface area contributed by atoms with Gasteiger partial charge in [-0.25, -0.2) is 9.78 Å². The average molecular weight is 370 g/mol. The van der Waals surface area contributed by atoms with Gasteiger partial charge in [-0.15, -0.1) is 0 Å². The van der Waals surface area contributed by atoms with Gasteiger partial charge < -0.3 is 15.1 Å². The molecule has 1 saturated carbocycles. The van der Waals surface area contributed by atoms with Crippen molar-refractivity contribution in [1.82, 2.24) is 15.2 Å². The van der Waals surface area contributed by atoms with Crippen LogP contribution in [0.3, 0.4) is 0 Å². The number of amides is 2. The molecule has 1 aliphatic carbocycles. The van der Waals surface area contributed by atoms with Crippen molar-refractivity contribution in [3.8, 4) is 0 Å². The summed E-state index contributed by atoms with van der Waals surface area (Å²) in [7, 11) is 0. The first-order valence-electron chi connectivity index (χ1n) is 9.18. The highest BCUT2D eigenvalue weighted by atomic mass is 19.4. The first kappa shape index (κ1) is 18.8. The van der Waals surface area contributed by atoms with E-state index in [9.17, 15) is 18.0 Å². The van der Waals surface area contributed by atoms with Crippen LogP contribution in [0.15, 0.2) is 18.3 Å². The van der Waals surface area contributed by atoms with Crippen molar-refractivity contribution in [2.24, 2.45) is 5.92 Å². The van der Waals surface area contributed by atoms with E-state index in [1.807, 2.05) is 4.90 Å². The minimum absolute atomic E-state index is 0.0382. The molecule has 1 aromatic heterocycles. The number of nitrogens with zero attached hydrogens (tertiary/aromatic N) is 3. The predicted molar refractivity (Wildman–Crippen MR) is 93.0 cm³/mol. The largest absolute Gasteiger partial charge is 0.417 e. The van der Waals surface area contributed by atoms with E-state index in [4.69, 9.17) is 0 Å². The van der Waals surface area contributed by atoms with E-state index in [1.165, 1.54) is 12.5 Å². The zero-order valence-corrected chi connectivity index (χ0v) is 14.9. The van der Waals surface area contributed by atoms with Crippen LogP contribution < -0.4 is 10.2 Å². The number of piperazine rings is 1. The van der Waals surface area contributed by atoms with Crippen molar-refractivity contribution in [2.45, 2.75) is 44.8 Å². The maximum atomic E-state index is 12.6. The lowest BCUT2D eigenvalue weighted by Crippen LogP contribution is -2.54. The number of halogens is 3. The average Bonchev–Trinajstić information content (AvgIpc) is 2.63. The highest BCUT2D eigenvalue weighted by Crippen LogP contribution is 2.29. The minimum Gasteiger partial charge on any atom is -0.353 e. The van der Waals surface area contributed by atoms with Gasteiger partial charge in [-0.1, -0.05) is 19.8 Å². The quantitative estimate of drug-likeness (QED) is 0.867. The third kappa shape index (κ3) is 4.40. The Balaban J connectivity index is 1.51. The Morgan fingerprint density at radius 3 is 2.42 bits per heavy atom. The van der Waals surface area contributed by atoms with Gasteiger partial charge in [-0.05, 0) is 30.9 Å². The molecular formula is C18H25F3N4O. The van der Waals surface area contributed by atoms with Gasteiger partial charge in [-0.2, -0.15) is 13.2 Å². The van der Waals surface area contributed by atoms with Crippen molar-refractivity contribution >= 4 is 11.8 Å². The van der Waals surface area contributed by atoms with Crippen molar-refractivity contribution in [3.63, 3.8) is 0 Å². The van der Waals surface area contributed by atoms with E-state index >= 15 is 0 Å². The van der Waals surface area contributed by atoms with Gasteiger partial charge in [0.25, 0.3) is 0 Å². The number of aromatic nitrogens is 1. The Labute approximate surface area is 151 Å². The molecule has 2 heterocycles. The molecule has 1 aromatic rings. The number of hydrogen-bond acceptors (Lipinski definition) is 3. The van der Waals surface area contributed by atoms with Crippen LogP contribution in [0.1, 0.15) is 38.2 Å². The van der Waals surface area contributed by atoms with E-state index in [2.05, 4.69) is 17.2 Å². The fraction of sp³-hybridized carbons (Fsp3) is 0.667. The molecule has 2 amide bonds. The van der Waals surface area contributed by atoms with Gasteiger partial charge >= 0.3 is 12.2 Å². The van der Waals surface area contributed by atoms with Gasteiger partial charge in [0.1, 0.15) is 5.82 Å². The maximum Gasteiger partial charge on any atom is 0.417 e. The number of alkyl halides is 3. The van der Waals surface area contributed by atoms with Crippen LogP contribution >= 0.6 is 0 Å². The Kier molecular flexibility index (Phi) is 5.58. The number of carbonyl (C=O) groups is 1. The predicted octanol–water partition coefficient (Wildman–Crippen LogP) is 3.51. The summed E-state index contributed by atoms with van der Waals surface area (Å²) in [5, 5.41) is 3.14. The Hall–Kier alpha value is -1.99. The van der Waals surface area contributed by atoms with Crippen LogP contribution in [0.25, 0.3) is 0 Å². The van der Waals surface area contributed by atoms with Gasteiger partial charge in [-0.3, -0.25) is 0 Å². The van der Waals surface area contributed by atoms with Gasteiger partial charge in [0, 0.05) is 38.4 Å². The summed E-state index contributed by atoms with van der Waals surface area (Å²) in [5.41, 5.74) is -0.749. The summed E-state index contributed by atoms with van der Waals surface area (Å²) < 4.78 is 37.9. The zero-order chi connectivity index (χ0) is 18.7. The molecule has 144 valence electrons. The van der Waals surface area contributed by atoms with E-state index in [0.29, 0.717) is 37.9 Å². The highest BCUT2D eigenvalue weighted by molar-refractivity contribution is 5.75. The lowest BCUT2D eigenvalue weighted by Gasteiger charge is -2.37. The Bertz CT molecular complexity index is 612. The molecule has 0 aromatic carbocycles. The third-order valence-corrected chi connectivity index (χ3v) is 5.39.